The second-order valence-electron chi connectivity index (χ2n) is 2.46. The maximum atomic E-state index is 5.15. The molecule has 0 aromatic heterocycles. The minimum absolute atomic E-state index is 1.06. The third-order valence-electron chi connectivity index (χ3n) is 1.69. The van der Waals surface area contributed by atoms with Crippen LogP contribution in [0.3, 0.4) is 0 Å². The summed E-state index contributed by atoms with van der Waals surface area (Å²) in [6.45, 7) is 0. The van der Waals surface area contributed by atoms with Gasteiger partial charge in [0.25, 0.3) is 0 Å². The first-order chi connectivity index (χ1) is 4.93. The average molecular weight is 138 g/mol. The number of allylic oxidation sites excluding steroid dienone is 4. The van der Waals surface area contributed by atoms with E-state index in [9.17, 15) is 0 Å². The highest BCUT2D eigenvalue weighted by Crippen LogP contribution is 2.11. The van der Waals surface area contributed by atoms with Crippen LogP contribution in [0.1, 0.15) is 25.7 Å². The minimum atomic E-state index is 1.06. The Balaban J connectivity index is 2.41. The molecule has 0 heterocycles. The summed E-state index contributed by atoms with van der Waals surface area (Å²) in [5.41, 5.74) is 0. The van der Waals surface area contributed by atoms with Crippen LogP contribution in [0.2, 0.25) is 0 Å². The Morgan fingerprint density at radius 3 is 2.80 bits per heavy atom. The van der Waals surface area contributed by atoms with E-state index in [2.05, 4.69) is 18.2 Å². The number of rotatable bonds is 1. The molecule has 0 atom stereocenters. The molecule has 56 valence electrons. The largest absolute Gasteiger partial charge is 0.501 e. The van der Waals surface area contributed by atoms with Crippen molar-refractivity contribution in [2.75, 3.05) is 7.11 Å². The van der Waals surface area contributed by atoms with Crippen LogP contribution in [0, 0.1) is 0 Å². The highest BCUT2D eigenvalue weighted by atomic mass is 16.5. The Hall–Kier alpha value is -0.720. The summed E-state index contributed by atoms with van der Waals surface area (Å²) in [7, 11) is 1.75. The minimum Gasteiger partial charge on any atom is -0.501 e. The molecule has 0 aromatic carbocycles. The first-order valence-corrected chi connectivity index (χ1v) is 3.81. The van der Waals surface area contributed by atoms with Crippen LogP contribution in [0.25, 0.3) is 0 Å². The number of hydrogen-bond donors (Lipinski definition) is 0. The van der Waals surface area contributed by atoms with E-state index in [1.165, 1.54) is 0 Å². The van der Waals surface area contributed by atoms with Crippen molar-refractivity contribution in [1.29, 1.82) is 0 Å². The highest BCUT2D eigenvalue weighted by molar-refractivity contribution is 4.99. The van der Waals surface area contributed by atoms with Gasteiger partial charge in [0.1, 0.15) is 0 Å². The van der Waals surface area contributed by atoms with Gasteiger partial charge >= 0.3 is 0 Å². The van der Waals surface area contributed by atoms with Gasteiger partial charge in [0.2, 0.25) is 0 Å². The van der Waals surface area contributed by atoms with Crippen LogP contribution >= 0.6 is 0 Å². The predicted octanol–water partition coefficient (Wildman–Crippen LogP) is 2.65. The van der Waals surface area contributed by atoms with Crippen molar-refractivity contribution in [3.63, 3.8) is 0 Å². The SMILES string of the molecule is CO/C1=C/CC/C=C\CC1. The van der Waals surface area contributed by atoms with Crippen molar-refractivity contribution < 1.29 is 4.74 Å². The van der Waals surface area contributed by atoms with Crippen LogP contribution < -0.4 is 0 Å². The second-order valence-corrected chi connectivity index (χ2v) is 2.46. The smallest absolute Gasteiger partial charge is 0.0918 e. The van der Waals surface area contributed by atoms with Crippen molar-refractivity contribution >= 4 is 0 Å². The van der Waals surface area contributed by atoms with Crippen LogP contribution in [0.15, 0.2) is 24.0 Å². The van der Waals surface area contributed by atoms with E-state index in [0.717, 1.165) is 31.4 Å². The summed E-state index contributed by atoms with van der Waals surface area (Å²) in [4.78, 5) is 0. The molecule has 1 aliphatic carbocycles. The van der Waals surface area contributed by atoms with E-state index in [0.29, 0.717) is 0 Å². The Bertz CT molecular complexity index is 145. The van der Waals surface area contributed by atoms with E-state index >= 15 is 0 Å². The third-order valence-corrected chi connectivity index (χ3v) is 1.69. The first-order valence-electron chi connectivity index (χ1n) is 3.81. The van der Waals surface area contributed by atoms with Crippen LogP contribution in [0.4, 0.5) is 0 Å². The zero-order valence-corrected chi connectivity index (χ0v) is 6.47. The van der Waals surface area contributed by atoms with Crippen molar-refractivity contribution in [2.24, 2.45) is 0 Å². The average Bonchev–Trinajstić information content (AvgIpc) is 1.87. The molecule has 0 N–H and O–H groups in total. The standard InChI is InChI=1S/C9H14O/c1-10-9-7-5-3-2-4-6-8-9/h2-3,8H,4-7H2,1H3/b3-2-,9-8+. The molecule has 1 heteroatoms. The molecule has 0 radical (unpaired) electrons. The molecule has 1 rings (SSSR count). The molecule has 10 heavy (non-hydrogen) atoms. The van der Waals surface area contributed by atoms with Crippen LogP contribution in [-0.2, 0) is 4.74 Å². The number of hydrogen-bond acceptors (Lipinski definition) is 1. The Kier molecular flexibility index (Phi) is 3.07. The van der Waals surface area contributed by atoms with Gasteiger partial charge in [0, 0.05) is 6.42 Å². The number of ether oxygens (including phenoxy) is 1. The van der Waals surface area contributed by atoms with Crippen molar-refractivity contribution in [3.05, 3.63) is 24.0 Å². The molecule has 0 saturated carbocycles. The fraction of sp³-hybridized carbons (Fsp3) is 0.556. The molecular formula is C9H14O. The second kappa shape index (κ2) is 4.15. The lowest BCUT2D eigenvalue weighted by atomic mass is 10.1. The Morgan fingerprint density at radius 2 is 2.00 bits per heavy atom. The molecule has 1 nitrogen and oxygen atoms in total. The quantitative estimate of drug-likeness (QED) is 0.506. The molecule has 0 aromatic rings. The monoisotopic (exact) mass is 138 g/mol. The Morgan fingerprint density at radius 1 is 1.20 bits per heavy atom. The van der Waals surface area contributed by atoms with Gasteiger partial charge in [-0.25, -0.2) is 0 Å². The van der Waals surface area contributed by atoms with Gasteiger partial charge in [-0.2, -0.15) is 0 Å². The van der Waals surface area contributed by atoms with E-state index in [-0.39, 0.29) is 0 Å². The summed E-state index contributed by atoms with van der Waals surface area (Å²) in [5, 5.41) is 0. The highest BCUT2D eigenvalue weighted by Gasteiger charge is 1.95. The van der Waals surface area contributed by atoms with Gasteiger partial charge in [-0.3, -0.25) is 0 Å². The maximum Gasteiger partial charge on any atom is 0.0918 e. The molecule has 0 amide bonds. The molecule has 0 fully saturated rings. The van der Waals surface area contributed by atoms with E-state index in [1.54, 1.807) is 7.11 Å². The molecule has 0 saturated heterocycles. The van der Waals surface area contributed by atoms with Gasteiger partial charge in [-0.15, -0.1) is 0 Å². The summed E-state index contributed by atoms with van der Waals surface area (Å²) in [6.07, 6.45) is 11.1. The Labute approximate surface area is 62.4 Å². The van der Waals surface area contributed by atoms with Crippen molar-refractivity contribution in [2.45, 2.75) is 25.7 Å². The van der Waals surface area contributed by atoms with Crippen LogP contribution in [0.5, 0.6) is 0 Å². The lowest BCUT2D eigenvalue weighted by Gasteiger charge is -2.05. The van der Waals surface area contributed by atoms with Gasteiger partial charge in [0.05, 0.1) is 12.9 Å². The third kappa shape index (κ3) is 2.26. The van der Waals surface area contributed by atoms with Gasteiger partial charge < -0.3 is 4.74 Å². The first kappa shape index (κ1) is 7.39. The number of methoxy groups -OCH3 is 1. The topological polar surface area (TPSA) is 9.23 Å². The zero-order chi connectivity index (χ0) is 7.23. The van der Waals surface area contributed by atoms with E-state index < -0.39 is 0 Å². The van der Waals surface area contributed by atoms with Gasteiger partial charge in [-0.1, -0.05) is 12.2 Å². The molecule has 1 aliphatic rings. The maximum absolute atomic E-state index is 5.15. The van der Waals surface area contributed by atoms with Gasteiger partial charge in [0.15, 0.2) is 0 Å². The van der Waals surface area contributed by atoms with Gasteiger partial charge in [-0.05, 0) is 25.3 Å². The summed E-state index contributed by atoms with van der Waals surface area (Å²) in [6, 6.07) is 0. The molecular weight excluding hydrogens is 124 g/mol. The molecule has 0 aliphatic heterocycles. The lowest BCUT2D eigenvalue weighted by Crippen LogP contribution is -1.88. The molecule has 0 spiro atoms. The fourth-order valence-corrected chi connectivity index (χ4v) is 1.09. The van der Waals surface area contributed by atoms with Crippen molar-refractivity contribution in [3.8, 4) is 0 Å². The summed E-state index contributed by atoms with van der Waals surface area (Å²) < 4.78 is 5.15. The predicted molar refractivity (Wildman–Crippen MR) is 42.7 cm³/mol. The van der Waals surface area contributed by atoms with Crippen molar-refractivity contribution in [1.82, 2.24) is 0 Å². The normalized spacial score (nSPS) is 27.5. The molecule has 0 bridgehead atoms. The van der Waals surface area contributed by atoms with Crippen LogP contribution in [-0.4, -0.2) is 7.11 Å². The summed E-state index contributed by atoms with van der Waals surface area (Å²) in [5.74, 6) is 1.14. The summed E-state index contributed by atoms with van der Waals surface area (Å²) >= 11 is 0. The lowest BCUT2D eigenvalue weighted by molar-refractivity contribution is 0.275. The van der Waals surface area contributed by atoms with E-state index in [4.69, 9.17) is 4.74 Å². The van der Waals surface area contributed by atoms with E-state index in [1.807, 2.05) is 0 Å². The zero-order valence-electron chi connectivity index (χ0n) is 6.47. The molecule has 0 unspecified atom stereocenters. The fourth-order valence-electron chi connectivity index (χ4n) is 1.09.